The number of benzene rings is 1. The van der Waals surface area contributed by atoms with Gasteiger partial charge in [-0.2, -0.15) is 13.2 Å². The topological polar surface area (TPSA) is 15.3 Å². The third-order valence-corrected chi connectivity index (χ3v) is 3.81. The first kappa shape index (κ1) is 14.5. The molecule has 1 unspecified atom stereocenters. The van der Waals surface area contributed by atoms with Crippen LogP contribution in [0.15, 0.2) is 24.3 Å². The van der Waals surface area contributed by atoms with Crippen molar-refractivity contribution < 1.29 is 13.2 Å². The molecule has 0 amide bonds. The van der Waals surface area contributed by atoms with Crippen molar-refractivity contribution in [3.05, 3.63) is 29.8 Å². The van der Waals surface area contributed by atoms with Gasteiger partial charge in [0.2, 0.25) is 0 Å². The lowest BCUT2D eigenvalue weighted by Crippen LogP contribution is -2.37. The molecule has 1 N–H and O–H groups in total. The average Bonchev–Trinajstić information content (AvgIpc) is 2.48. The number of hydrogen-bond donors (Lipinski definition) is 1. The molecule has 2 rings (SSSR count). The van der Waals surface area contributed by atoms with Crippen LogP contribution in [-0.2, 0) is 6.54 Å². The Morgan fingerprint density at radius 3 is 2.84 bits per heavy atom. The zero-order valence-electron chi connectivity index (χ0n) is 10.7. The molecule has 0 bridgehead atoms. The number of anilines is 1. The third kappa shape index (κ3) is 4.31. The quantitative estimate of drug-likeness (QED) is 0.920. The van der Waals surface area contributed by atoms with Gasteiger partial charge in [0.05, 0.1) is 0 Å². The maximum absolute atomic E-state index is 12.2. The van der Waals surface area contributed by atoms with Gasteiger partial charge < -0.3 is 10.2 Å². The van der Waals surface area contributed by atoms with Crippen LogP contribution in [0.2, 0.25) is 0 Å². The van der Waals surface area contributed by atoms with E-state index in [-0.39, 0.29) is 23.6 Å². The largest absolute Gasteiger partial charge is 0.441 e. The number of hydrogen-bond acceptors (Lipinski definition) is 3. The molecule has 2 nitrogen and oxygen atoms in total. The van der Waals surface area contributed by atoms with Gasteiger partial charge in [0.1, 0.15) is 0 Å². The minimum atomic E-state index is -4.14. The van der Waals surface area contributed by atoms with Gasteiger partial charge in [-0.15, -0.1) is 0 Å². The molecule has 0 saturated heterocycles. The highest BCUT2D eigenvalue weighted by molar-refractivity contribution is 8.00. The van der Waals surface area contributed by atoms with E-state index in [1.165, 1.54) is 0 Å². The molecular formula is C13H17F3N2S. The Bertz CT molecular complexity index is 423. The van der Waals surface area contributed by atoms with E-state index in [1.807, 2.05) is 29.2 Å². The standard InChI is InChI=1S/C13H17F3N2S/c1-10-9-18(6-7-19-13(14,15)16)12-5-3-2-4-11(12)8-17-10/h2-5,10,17H,6-9H2,1H3. The Morgan fingerprint density at radius 2 is 2.11 bits per heavy atom. The summed E-state index contributed by atoms with van der Waals surface area (Å²) < 4.78 is 36.6. The molecule has 0 saturated carbocycles. The van der Waals surface area contributed by atoms with Crippen LogP contribution in [-0.4, -0.2) is 30.4 Å². The third-order valence-electron chi connectivity index (χ3n) is 3.09. The van der Waals surface area contributed by atoms with Crippen LogP contribution in [0, 0.1) is 0 Å². The molecule has 0 spiro atoms. The SMILES string of the molecule is CC1CN(CCSC(F)(F)F)c2ccccc2CN1. The number of halogens is 3. The minimum absolute atomic E-state index is 0.0478. The Hall–Kier alpha value is -0.880. The first-order valence-corrected chi connectivity index (χ1v) is 7.21. The summed E-state index contributed by atoms with van der Waals surface area (Å²) in [6.07, 6.45) is 0. The molecule has 106 valence electrons. The molecule has 1 aromatic rings. The molecule has 19 heavy (non-hydrogen) atoms. The van der Waals surface area contributed by atoms with Crippen LogP contribution in [0.25, 0.3) is 0 Å². The lowest BCUT2D eigenvalue weighted by atomic mass is 10.1. The Kier molecular flexibility index (Phi) is 4.62. The van der Waals surface area contributed by atoms with E-state index >= 15 is 0 Å². The highest BCUT2D eigenvalue weighted by Gasteiger charge is 2.28. The van der Waals surface area contributed by atoms with E-state index in [0.29, 0.717) is 6.54 Å². The summed E-state index contributed by atoms with van der Waals surface area (Å²) in [5.41, 5.74) is -1.96. The van der Waals surface area contributed by atoms with Gasteiger partial charge in [0.25, 0.3) is 0 Å². The molecular weight excluding hydrogens is 273 g/mol. The monoisotopic (exact) mass is 290 g/mol. The van der Waals surface area contributed by atoms with Gasteiger partial charge in [-0.3, -0.25) is 0 Å². The Morgan fingerprint density at radius 1 is 1.37 bits per heavy atom. The van der Waals surface area contributed by atoms with E-state index in [0.717, 1.165) is 24.3 Å². The van der Waals surface area contributed by atoms with Crippen molar-refractivity contribution in [2.75, 3.05) is 23.7 Å². The van der Waals surface area contributed by atoms with Crippen LogP contribution < -0.4 is 10.2 Å². The number of fused-ring (bicyclic) bond motifs is 1. The zero-order valence-corrected chi connectivity index (χ0v) is 11.5. The van der Waals surface area contributed by atoms with Crippen LogP contribution >= 0.6 is 11.8 Å². The summed E-state index contributed by atoms with van der Waals surface area (Å²) in [4.78, 5) is 2.04. The van der Waals surface area contributed by atoms with Crippen LogP contribution in [0.3, 0.4) is 0 Å². The minimum Gasteiger partial charge on any atom is -0.369 e. The van der Waals surface area contributed by atoms with E-state index < -0.39 is 5.51 Å². The summed E-state index contributed by atoms with van der Waals surface area (Å²) in [6.45, 7) is 3.96. The van der Waals surface area contributed by atoms with Gasteiger partial charge >= 0.3 is 5.51 Å². The number of thioether (sulfide) groups is 1. The predicted octanol–water partition coefficient (Wildman–Crippen LogP) is 3.24. The van der Waals surface area contributed by atoms with Gasteiger partial charge in [0, 0.05) is 37.1 Å². The van der Waals surface area contributed by atoms with Crippen molar-refractivity contribution in [3.8, 4) is 0 Å². The summed E-state index contributed by atoms with van der Waals surface area (Å²) in [5, 5.41) is 3.37. The van der Waals surface area contributed by atoms with Crippen LogP contribution in [0.4, 0.5) is 18.9 Å². The van der Waals surface area contributed by atoms with Gasteiger partial charge in [0.15, 0.2) is 0 Å². The zero-order chi connectivity index (χ0) is 13.9. The fraction of sp³-hybridized carbons (Fsp3) is 0.538. The smallest absolute Gasteiger partial charge is 0.369 e. The number of rotatable bonds is 3. The first-order chi connectivity index (χ1) is 8.96. The maximum Gasteiger partial charge on any atom is 0.441 e. The van der Waals surface area contributed by atoms with Crippen molar-refractivity contribution >= 4 is 17.4 Å². The summed E-state index contributed by atoms with van der Waals surface area (Å²) in [5.74, 6) is 0.0601. The molecule has 1 aliphatic heterocycles. The van der Waals surface area contributed by atoms with Crippen molar-refractivity contribution in [1.82, 2.24) is 5.32 Å². The fourth-order valence-electron chi connectivity index (χ4n) is 2.23. The lowest BCUT2D eigenvalue weighted by Gasteiger charge is -2.26. The molecule has 1 aromatic carbocycles. The number of para-hydroxylation sites is 1. The maximum atomic E-state index is 12.2. The van der Waals surface area contributed by atoms with Gasteiger partial charge in [-0.25, -0.2) is 0 Å². The second kappa shape index (κ2) is 6.05. The summed E-state index contributed by atoms with van der Waals surface area (Å²) in [6, 6.07) is 8.15. The molecule has 6 heteroatoms. The molecule has 1 aliphatic rings. The predicted molar refractivity (Wildman–Crippen MR) is 73.5 cm³/mol. The Balaban J connectivity index is 2.05. The molecule has 0 radical (unpaired) electrons. The van der Waals surface area contributed by atoms with E-state index in [2.05, 4.69) is 12.2 Å². The van der Waals surface area contributed by atoms with Crippen LogP contribution in [0.5, 0.6) is 0 Å². The lowest BCUT2D eigenvalue weighted by molar-refractivity contribution is -0.0327. The highest BCUT2D eigenvalue weighted by atomic mass is 32.2. The van der Waals surface area contributed by atoms with Gasteiger partial charge in [-0.05, 0) is 30.3 Å². The van der Waals surface area contributed by atoms with E-state index in [4.69, 9.17) is 0 Å². The fourth-order valence-corrected chi connectivity index (χ4v) is 2.77. The highest BCUT2D eigenvalue weighted by Crippen LogP contribution is 2.31. The Labute approximate surface area is 115 Å². The second-order valence-corrected chi connectivity index (χ2v) is 5.81. The molecule has 1 atom stereocenters. The summed E-state index contributed by atoms with van der Waals surface area (Å²) >= 11 is 0.0478. The van der Waals surface area contributed by atoms with Crippen molar-refractivity contribution in [3.63, 3.8) is 0 Å². The van der Waals surface area contributed by atoms with Crippen molar-refractivity contribution in [2.45, 2.75) is 25.0 Å². The van der Waals surface area contributed by atoms with Gasteiger partial charge in [-0.1, -0.05) is 18.2 Å². The molecule has 0 aliphatic carbocycles. The van der Waals surface area contributed by atoms with E-state index in [9.17, 15) is 13.2 Å². The summed E-state index contributed by atoms with van der Waals surface area (Å²) in [7, 11) is 0. The van der Waals surface area contributed by atoms with Crippen molar-refractivity contribution in [1.29, 1.82) is 0 Å². The molecule has 0 fully saturated rings. The normalized spacial score (nSPS) is 20.0. The number of alkyl halides is 3. The van der Waals surface area contributed by atoms with Crippen molar-refractivity contribution in [2.24, 2.45) is 0 Å². The average molecular weight is 290 g/mol. The number of nitrogens with zero attached hydrogens (tertiary/aromatic N) is 1. The first-order valence-electron chi connectivity index (χ1n) is 6.22. The van der Waals surface area contributed by atoms with Crippen LogP contribution in [0.1, 0.15) is 12.5 Å². The molecule has 0 aromatic heterocycles. The second-order valence-electron chi connectivity index (χ2n) is 4.65. The molecule has 1 heterocycles. The van der Waals surface area contributed by atoms with E-state index in [1.54, 1.807) is 0 Å². The number of nitrogens with one attached hydrogen (secondary N) is 1.